The van der Waals surface area contributed by atoms with Gasteiger partial charge < -0.3 is 10.1 Å². The molecule has 1 aromatic carbocycles. The molecule has 0 unspecified atom stereocenters. The van der Waals surface area contributed by atoms with Crippen molar-refractivity contribution in [1.82, 2.24) is 5.32 Å². The first-order valence-corrected chi connectivity index (χ1v) is 7.99. The number of hydrogen-bond donors (Lipinski definition) is 1. The first kappa shape index (κ1) is 16.0. The molecule has 1 fully saturated rings. The summed E-state index contributed by atoms with van der Waals surface area (Å²) in [6, 6.07) is 6.07. The molecule has 2 rings (SSSR count). The predicted molar refractivity (Wildman–Crippen MR) is 85.9 cm³/mol. The van der Waals surface area contributed by atoms with Crippen LogP contribution in [0, 0.1) is 12.3 Å². The maximum atomic E-state index is 13.0. The molecule has 1 saturated heterocycles. The van der Waals surface area contributed by atoms with Crippen LogP contribution in [0.2, 0.25) is 0 Å². The number of ketones is 1. The summed E-state index contributed by atoms with van der Waals surface area (Å²) in [5.74, 6) is 1.21. The van der Waals surface area contributed by atoms with Crippen molar-refractivity contribution < 1.29 is 9.53 Å². The molecule has 1 aliphatic heterocycles. The van der Waals surface area contributed by atoms with Crippen LogP contribution in [0.3, 0.4) is 0 Å². The molecular formula is C18H27NO2. The largest absolute Gasteiger partial charge is 0.496 e. The van der Waals surface area contributed by atoms with Gasteiger partial charge in [0.25, 0.3) is 0 Å². The van der Waals surface area contributed by atoms with E-state index in [1.165, 1.54) is 5.56 Å². The Morgan fingerprint density at radius 1 is 1.33 bits per heavy atom. The van der Waals surface area contributed by atoms with E-state index < -0.39 is 0 Å². The lowest BCUT2D eigenvalue weighted by atomic mass is 9.70. The van der Waals surface area contributed by atoms with Gasteiger partial charge in [-0.2, -0.15) is 0 Å². The summed E-state index contributed by atoms with van der Waals surface area (Å²) < 4.78 is 5.42. The second-order valence-electron chi connectivity index (χ2n) is 6.20. The van der Waals surface area contributed by atoms with Gasteiger partial charge in [0.1, 0.15) is 11.5 Å². The van der Waals surface area contributed by atoms with E-state index in [2.05, 4.69) is 25.2 Å². The monoisotopic (exact) mass is 289 g/mol. The molecule has 0 spiro atoms. The fourth-order valence-electron chi connectivity index (χ4n) is 3.46. The fourth-order valence-corrected chi connectivity index (χ4v) is 3.46. The molecule has 0 bridgehead atoms. The van der Waals surface area contributed by atoms with E-state index in [1.807, 2.05) is 12.1 Å². The number of nitrogens with one attached hydrogen (secondary N) is 1. The Labute approximate surface area is 128 Å². The van der Waals surface area contributed by atoms with Crippen LogP contribution in [-0.2, 0) is 11.2 Å². The van der Waals surface area contributed by atoms with E-state index >= 15 is 0 Å². The number of rotatable bonds is 6. The van der Waals surface area contributed by atoms with E-state index in [0.717, 1.165) is 50.1 Å². The van der Waals surface area contributed by atoms with Gasteiger partial charge in [0.15, 0.2) is 0 Å². The molecule has 21 heavy (non-hydrogen) atoms. The molecule has 0 aromatic heterocycles. The minimum Gasteiger partial charge on any atom is -0.496 e. The second kappa shape index (κ2) is 7.08. The van der Waals surface area contributed by atoms with Gasteiger partial charge in [-0.25, -0.2) is 0 Å². The number of carbonyl (C=O) groups excluding carboxylic acids is 1. The van der Waals surface area contributed by atoms with Crippen molar-refractivity contribution in [2.24, 2.45) is 5.41 Å². The maximum Gasteiger partial charge on any atom is 0.143 e. The highest BCUT2D eigenvalue weighted by molar-refractivity contribution is 5.87. The third-order valence-electron chi connectivity index (χ3n) is 4.67. The minimum atomic E-state index is -0.130. The second-order valence-corrected chi connectivity index (χ2v) is 6.20. The predicted octanol–water partition coefficient (Wildman–Crippen LogP) is 3.29. The number of hydrogen-bond acceptors (Lipinski definition) is 3. The summed E-state index contributed by atoms with van der Waals surface area (Å²) in [6.07, 6.45) is 4.49. The zero-order chi connectivity index (χ0) is 15.3. The molecule has 3 nitrogen and oxygen atoms in total. The number of carbonyl (C=O) groups is 1. The maximum absolute atomic E-state index is 13.0. The van der Waals surface area contributed by atoms with Crippen molar-refractivity contribution in [3.63, 3.8) is 0 Å². The van der Waals surface area contributed by atoms with Crippen molar-refractivity contribution in [2.75, 3.05) is 20.2 Å². The van der Waals surface area contributed by atoms with E-state index in [-0.39, 0.29) is 5.41 Å². The van der Waals surface area contributed by atoms with Crippen molar-refractivity contribution in [1.29, 1.82) is 0 Å². The summed E-state index contributed by atoms with van der Waals surface area (Å²) in [6.45, 7) is 6.14. The van der Waals surface area contributed by atoms with Crippen LogP contribution in [-0.4, -0.2) is 26.0 Å². The summed E-state index contributed by atoms with van der Waals surface area (Å²) in [5.41, 5.74) is 2.07. The molecule has 0 radical (unpaired) electrons. The average molecular weight is 289 g/mol. The Kier molecular flexibility index (Phi) is 5.40. The van der Waals surface area contributed by atoms with E-state index in [1.54, 1.807) is 7.11 Å². The Balaban J connectivity index is 2.20. The van der Waals surface area contributed by atoms with E-state index in [4.69, 9.17) is 4.74 Å². The lowest BCUT2D eigenvalue weighted by molar-refractivity contribution is -0.130. The number of aryl methyl sites for hydroxylation is 1. The van der Waals surface area contributed by atoms with Gasteiger partial charge in [-0.3, -0.25) is 4.79 Å². The number of benzene rings is 1. The Morgan fingerprint density at radius 3 is 2.67 bits per heavy atom. The molecule has 0 atom stereocenters. The van der Waals surface area contributed by atoms with Crippen LogP contribution in [0.5, 0.6) is 5.75 Å². The topological polar surface area (TPSA) is 38.3 Å². The van der Waals surface area contributed by atoms with Gasteiger partial charge in [0.2, 0.25) is 0 Å². The van der Waals surface area contributed by atoms with Gasteiger partial charge in [-0.05, 0) is 45.3 Å². The van der Waals surface area contributed by atoms with Gasteiger partial charge in [0, 0.05) is 17.4 Å². The third kappa shape index (κ3) is 3.65. The molecule has 0 amide bonds. The Bertz CT molecular complexity index is 484. The standard InChI is InChI=1S/C18H27NO2/c1-4-7-18(8-10-19-11-9-18)17(20)13-15-12-14(2)5-6-16(15)21-3/h5-6,12,19H,4,7-11,13H2,1-3H3. The van der Waals surface area contributed by atoms with Crippen LogP contribution in [0.4, 0.5) is 0 Å². The first-order chi connectivity index (χ1) is 10.1. The quantitative estimate of drug-likeness (QED) is 0.873. The highest BCUT2D eigenvalue weighted by Crippen LogP contribution is 2.37. The molecule has 1 aromatic rings. The zero-order valence-electron chi connectivity index (χ0n) is 13.5. The minimum absolute atomic E-state index is 0.130. The first-order valence-electron chi connectivity index (χ1n) is 7.99. The van der Waals surface area contributed by atoms with Crippen LogP contribution < -0.4 is 10.1 Å². The molecular weight excluding hydrogens is 262 g/mol. The van der Waals surface area contributed by atoms with Gasteiger partial charge >= 0.3 is 0 Å². The van der Waals surface area contributed by atoms with Crippen LogP contribution in [0.15, 0.2) is 18.2 Å². The highest BCUT2D eigenvalue weighted by atomic mass is 16.5. The van der Waals surface area contributed by atoms with Crippen molar-refractivity contribution in [3.8, 4) is 5.75 Å². The number of methoxy groups -OCH3 is 1. The highest BCUT2D eigenvalue weighted by Gasteiger charge is 2.38. The summed E-state index contributed by atoms with van der Waals surface area (Å²) >= 11 is 0. The van der Waals surface area contributed by atoms with E-state index in [0.29, 0.717) is 12.2 Å². The average Bonchev–Trinajstić information content (AvgIpc) is 2.49. The van der Waals surface area contributed by atoms with E-state index in [9.17, 15) is 4.79 Å². The zero-order valence-corrected chi connectivity index (χ0v) is 13.5. The van der Waals surface area contributed by atoms with Crippen molar-refractivity contribution >= 4 is 5.78 Å². The van der Waals surface area contributed by atoms with Crippen LogP contribution in [0.25, 0.3) is 0 Å². The SMILES string of the molecule is CCCC1(C(=O)Cc2cc(C)ccc2OC)CCNCC1. The Hall–Kier alpha value is -1.35. The molecule has 116 valence electrons. The van der Waals surface area contributed by atoms with Crippen molar-refractivity contribution in [2.45, 2.75) is 46.0 Å². The number of piperidine rings is 1. The smallest absolute Gasteiger partial charge is 0.143 e. The fraction of sp³-hybridized carbons (Fsp3) is 0.611. The van der Waals surface area contributed by atoms with Gasteiger partial charge in [0.05, 0.1) is 7.11 Å². The molecule has 0 aliphatic carbocycles. The Morgan fingerprint density at radius 2 is 2.05 bits per heavy atom. The molecule has 1 heterocycles. The van der Waals surface area contributed by atoms with Crippen LogP contribution in [0.1, 0.15) is 43.7 Å². The van der Waals surface area contributed by atoms with Crippen molar-refractivity contribution in [3.05, 3.63) is 29.3 Å². The summed E-state index contributed by atoms with van der Waals surface area (Å²) in [4.78, 5) is 13.0. The lowest BCUT2D eigenvalue weighted by Crippen LogP contribution is -2.42. The third-order valence-corrected chi connectivity index (χ3v) is 4.67. The molecule has 1 aliphatic rings. The number of Topliss-reactive ketones (excluding diaryl/α,β-unsaturated/α-hetero) is 1. The summed E-state index contributed by atoms with van der Waals surface area (Å²) in [7, 11) is 1.67. The normalized spacial score (nSPS) is 17.5. The molecule has 0 saturated carbocycles. The summed E-state index contributed by atoms with van der Waals surface area (Å²) in [5, 5.41) is 3.37. The van der Waals surface area contributed by atoms with Gasteiger partial charge in [-0.15, -0.1) is 0 Å². The lowest BCUT2D eigenvalue weighted by Gasteiger charge is -2.36. The number of ether oxygens (including phenoxy) is 1. The molecule has 3 heteroatoms. The van der Waals surface area contributed by atoms with Gasteiger partial charge in [-0.1, -0.05) is 31.0 Å². The molecule has 1 N–H and O–H groups in total. The van der Waals surface area contributed by atoms with Crippen LogP contribution >= 0.6 is 0 Å².